The molecule has 1 aromatic carbocycles. The van der Waals surface area contributed by atoms with Crippen LogP contribution in [0, 0.1) is 12.3 Å². The van der Waals surface area contributed by atoms with E-state index in [0.717, 1.165) is 25.8 Å². The van der Waals surface area contributed by atoms with E-state index in [-0.39, 0.29) is 11.4 Å². The van der Waals surface area contributed by atoms with Crippen LogP contribution in [-0.4, -0.2) is 19.6 Å². The summed E-state index contributed by atoms with van der Waals surface area (Å²) in [6.07, 6.45) is 3.02. The van der Waals surface area contributed by atoms with Crippen molar-refractivity contribution < 1.29 is 9.53 Å². The molecule has 0 unspecified atom stereocenters. The van der Waals surface area contributed by atoms with Crippen molar-refractivity contribution in [1.29, 1.82) is 0 Å². The Balaban J connectivity index is 1.88. The minimum atomic E-state index is -0.266. The van der Waals surface area contributed by atoms with E-state index in [1.165, 1.54) is 18.2 Å². The molecule has 1 fully saturated rings. The zero-order chi connectivity index (χ0) is 13.0. The second-order valence-electron chi connectivity index (χ2n) is 5.16. The third-order valence-corrected chi connectivity index (χ3v) is 3.97. The largest absolute Gasteiger partial charge is 0.469 e. The lowest BCUT2D eigenvalue weighted by Crippen LogP contribution is -2.46. The van der Waals surface area contributed by atoms with Crippen LogP contribution in [0.2, 0.25) is 0 Å². The first kappa shape index (κ1) is 13.1. The molecule has 98 valence electrons. The predicted octanol–water partition coefficient (Wildman–Crippen LogP) is 2.43. The fourth-order valence-corrected chi connectivity index (χ4v) is 2.52. The number of esters is 1. The zero-order valence-electron chi connectivity index (χ0n) is 11.2. The number of hydrogen-bond donors (Lipinski definition) is 1. The highest BCUT2D eigenvalue weighted by molar-refractivity contribution is 5.78. The molecule has 0 bridgehead atoms. The second kappa shape index (κ2) is 5.53. The van der Waals surface area contributed by atoms with Crippen molar-refractivity contribution in [2.45, 2.75) is 32.7 Å². The van der Waals surface area contributed by atoms with Crippen LogP contribution in [0.5, 0.6) is 0 Å². The monoisotopic (exact) mass is 247 g/mol. The average molecular weight is 247 g/mol. The molecular weight excluding hydrogens is 226 g/mol. The summed E-state index contributed by atoms with van der Waals surface area (Å²) < 4.78 is 4.91. The van der Waals surface area contributed by atoms with Gasteiger partial charge in [0.05, 0.1) is 12.5 Å². The number of rotatable bonds is 5. The van der Waals surface area contributed by atoms with E-state index in [1.807, 2.05) is 12.1 Å². The lowest BCUT2D eigenvalue weighted by molar-refractivity contribution is -0.158. The Morgan fingerprint density at radius 1 is 1.39 bits per heavy atom. The third-order valence-electron chi connectivity index (χ3n) is 3.97. The Morgan fingerprint density at radius 3 is 2.67 bits per heavy atom. The minimum Gasteiger partial charge on any atom is -0.469 e. The van der Waals surface area contributed by atoms with E-state index in [9.17, 15) is 4.79 Å². The zero-order valence-corrected chi connectivity index (χ0v) is 11.2. The number of aryl methyl sites for hydroxylation is 1. The van der Waals surface area contributed by atoms with Gasteiger partial charge in [0.1, 0.15) is 0 Å². The van der Waals surface area contributed by atoms with Crippen LogP contribution in [0.3, 0.4) is 0 Å². The highest BCUT2D eigenvalue weighted by atomic mass is 16.5. The van der Waals surface area contributed by atoms with Crippen molar-refractivity contribution in [3.8, 4) is 0 Å². The topological polar surface area (TPSA) is 38.3 Å². The number of benzene rings is 1. The van der Waals surface area contributed by atoms with Gasteiger partial charge in [0, 0.05) is 13.1 Å². The van der Waals surface area contributed by atoms with Gasteiger partial charge in [-0.2, -0.15) is 0 Å². The summed E-state index contributed by atoms with van der Waals surface area (Å²) in [4.78, 5) is 11.8. The fraction of sp³-hybridized carbons (Fsp3) is 0.533. The third kappa shape index (κ3) is 2.56. The lowest BCUT2D eigenvalue weighted by Gasteiger charge is -2.39. The Hall–Kier alpha value is -1.35. The van der Waals surface area contributed by atoms with E-state index >= 15 is 0 Å². The standard InChI is InChI=1S/C15H21NO2/c1-12-6-3-4-7-13(12)10-16-11-15(8-5-9-15)14(17)18-2/h3-4,6-7,16H,5,8-11H2,1-2H3. The molecule has 0 heterocycles. The SMILES string of the molecule is COC(=O)C1(CNCc2ccccc2C)CCC1. The molecule has 1 saturated carbocycles. The van der Waals surface area contributed by atoms with E-state index in [1.54, 1.807) is 0 Å². The van der Waals surface area contributed by atoms with Crippen LogP contribution < -0.4 is 5.32 Å². The first-order valence-corrected chi connectivity index (χ1v) is 6.52. The van der Waals surface area contributed by atoms with Gasteiger partial charge in [-0.3, -0.25) is 4.79 Å². The molecule has 0 atom stereocenters. The van der Waals surface area contributed by atoms with Crippen molar-refractivity contribution in [2.75, 3.05) is 13.7 Å². The highest BCUT2D eigenvalue weighted by Gasteiger charge is 2.44. The summed E-state index contributed by atoms with van der Waals surface area (Å²) in [6, 6.07) is 8.31. The Kier molecular flexibility index (Phi) is 4.02. The van der Waals surface area contributed by atoms with Gasteiger partial charge in [0.2, 0.25) is 0 Å². The molecule has 0 amide bonds. The first-order chi connectivity index (χ1) is 8.68. The van der Waals surface area contributed by atoms with Gasteiger partial charge < -0.3 is 10.1 Å². The van der Waals surface area contributed by atoms with Crippen molar-refractivity contribution in [2.24, 2.45) is 5.41 Å². The van der Waals surface area contributed by atoms with Gasteiger partial charge in [-0.1, -0.05) is 30.7 Å². The van der Waals surface area contributed by atoms with Crippen LogP contribution in [0.4, 0.5) is 0 Å². The molecule has 0 radical (unpaired) electrons. The summed E-state index contributed by atoms with van der Waals surface area (Å²) in [5, 5.41) is 3.40. The average Bonchev–Trinajstić information content (AvgIpc) is 2.34. The molecule has 3 heteroatoms. The van der Waals surface area contributed by atoms with Gasteiger partial charge in [0.15, 0.2) is 0 Å². The van der Waals surface area contributed by atoms with Crippen molar-refractivity contribution in [3.05, 3.63) is 35.4 Å². The maximum Gasteiger partial charge on any atom is 0.313 e. The molecule has 0 aromatic heterocycles. The molecule has 1 aromatic rings. The number of nitrogens with one attached hydrogen (secondary N) is 1. The minimum absolute atomic E-state index is 0.0639. The van der Waals surface area contributed by atoms with Crippen molar-refractivity contribution in [3.63, 3.8) is 0 Å². The maximum absolute atomic E-state index is 11.8. The number of ether oxygens (including phenoxy) is 1. The van der Waals surface area contributed by atoms with Gasteiger partial charge in [-0.15, -0.1) is 0 Å². The molecule has 0 spiro atoms. The van der Waals surface area contributed by atoms with Gasteiger partial charge in [-0.05, 0) is 30.9 Å². The summed E-state index contributed by atoms with van der Waals surface area (Å²) in [5.41, 5.74) is 2.31. The van der Waals surface area contributed by atoms with E-state index in [0.29, 0.717) is 6.54 Å². The number of hydrogen-bond acceptors (Lipinski definition) is 3. The van der Waals surface area contributed by atoms with E-state index in [2.05, 4.69) is 24.4 Å². The van der Waals surface area contributed by atoms with Crippen LogP contribution >= 0.6 is 0 Å². The Labute approximate surface area is 109 Å². The highest BCUT2D eigenvalue weighted by Crippen LogP contribution is 2.41. The van der Waals surface area contributed by atoms with Crippen LogP contribution in [-0.2, 0) is 16.1 Å². The molecule has 1 aliphatic rings. The summed E-state index contributed by atoms with van der Waals surface area (Å²) >= 11 is 0. The molecule has 3 nitrogen and oxygen atoms in total. The molecule has 0 aliphatic heterocycles. The van der Waals surface area contributed by atoms with Crippen LogP contribution in [0.15, 0.2) is 24.3 Å². The quantitative estimate of drug-likeness (QED) is 0.812. The summed E-state index contributed by atoms with van der Waals surface area (Å²) in [6.45, 7) is 3.63. The normalized spacial score (nSPS) is 17.0. The van der Waals surface area contributed by atoms with Gasteiger partial charge in [-0.25, -0.2) is 0 Å². The van der Waals surface area contributed by atoms with Crippen molar-refractivity contribution in [1.82, 2.24) is 5.32 Å². The molecule has 1 N–H and O–H groups in total. The maximum atomic E-state index is 11.8. The van der Waals surface area contributed by atoms with Crippen LogP contribution in [0.1, 0.15) is 30.4 Å². The Morgan fingerprint density at radius 2 is 2.11 bits per heavy atom. The molecule has 1 aliphatic carbocycles. The van der Waals surface area contributed by atoms with E-state index in [4.69, 9.17) is 4.74 Å². The second-order valence-corrected chi connectivity index (χ2v) is 5.16. The summed E-state index contributed by atoms with van der Waals surface area (Å²) in [5.74, 6) is -0.0639. The lowest BCUT2D eigenvalue weighted by atomic mass is 9.68. The first-order valence-electron chi connectivity index (χ1n) is 6.52. The van der Waals surface area contributed by atoms with Crippen LogP contribution in [0.25, 0.3) is 0 Å². The Bertz CT molecular complexity index is 424. The van der Waals surface area contributed by atoms with Gasteiger partial charge in [0.25, 0.3) is 0 Å². The van der Waals surface area contributed by atoms with Crippen molar-refractivity contribution >= 4 is 5.97 Å². The van der Waals surface area contributed by atoms with E-state index < -0.39 is 0 Å². The predicted molar refractivity (Wildman–Crippen MR) is 71.2 cm³/mol. The summed E-state index contributed by atoms with van der Waals surface area (Å²) in [7, 11) is 1.48. The molecule has 18 heavy (non-hydrogen) atoms. The molecular formula is C15H21NO2. The number of methoxy groups -OCH3 is 1. The fourth-order valence-electron chi connectivity index (χ4n) is 2.52. The number of carbonyl (C=O) groups excluding carboxylic acids is 1. The molecule has 2 rings (SSSR count). The smallest absolute Gasteiger partial charge is 0.313 e. The molecule has 0 saturated heterocycles. The van der Waals surface area contributed by atoms with Gasteiger partial charge >= 0.3 is 5.97 Å². The number of carbonyl (C=O) groups is 1.